The number of nitrogens with zero attached hydrogens (tertiary/aromatic N) is 1. The third-order valence-corrected chi connectivity index (χ3v) is 2.10. The number of hydrogen-bond acceptors (Lipinski definition) is 4. The summed E-state index contributed by atoms with van der Waals surface area (Å²) in [5, 5.41) is 20.1. The van der Waals surface area contributed by atoms with Gasteiger partial charge in [0.2, 0.25) is 0 Å². The lowest BCUT2D eigenvalue weighted by Gasteiger charge is -2.11. The number of aromatic hydroxyl groups is 1. The molecule has 0 radical (unpaired) electrons. The van der Waals surface area contributed by atoms with Crippen LogP contribution in [0.1, 0.15) is 18.0 Å². The quantitative estimate of drug-likeness (QED) is 0.495. The number of nitrogens with two attached hydrogens (primary N) is 1. The fourth-order valence-electron chi connectivity index (χ4n) is 1.33. The number of nitro benzene ring substituents is 1. The van der Waals surface area contributed by atoms with E-state index in [-0.39, 0.29) is 24.4 Å². The molecule has 0 aliphatic carbocycles. The molecule has 0 unspecified atom stereocenters. The van der Waals surface area contributed by atoms with Crippen LogP contribution in [-0.4, -0.2) is 10.0 Å². The van der Waals surface area contributed by atoms with Crippen LogP contribution in [0.2, 0.25) is 0 Å². The molecule has 0 bridgehead atoms. The molecule has 7 heteroatoms. The standard InChI is InChI=1S/C10H11FN2O3.ClH/c1-2-3-8(12)7-4-6(11)5-9(10(7)14)13(15)16;/h2,4-5,8,14H,1,3,12H2;1H/t8-;/m1./s1. The van der Waals surface area contributed by atoms with Gasteiger partial charge in [-0.2, -0.15) is 0 Å². The Hall–Kier alpha value is -1.66. The Balaban J connectivity index is 0.00000256. The first-order valence-corrected chi connectivity index (χ1v) is 4.50. The molecular weight excluding hydrogens is 251 g/mol. The normalized spacial score (nSPS) is 11.4. The van der Waals surface area contributed by atoms with Gasteiger partial charge in [0.1, 0.15) is 5.82 Å². The van der Waals surface area contributed by atoms with E-state index < -0.39 is 28.2 Å². The van der Waals surface area contributed by atoms with Crippen LogP contribution in [-0.2, 0) is 0 Å². The summed E-state index contributed by atoms with van der Waals surface area (Å²) in [4.78, 5) is 9.67. The van der Waals surface area contributed by atoms with Gasteiger partial charge in [-0.05, 0) is 12.5 Å². The van der Waals surface area contributed by atoms with Crippen LogP contribution in [0.15, 0.2) is 24.8 Å². The highest BCUT2D eigenvalue weighted by Gasteiger charge is 2.22. The fraction of sp³-hybridized carbons (Fsp3) is 0.200. The highest BCUT2D eigenvalue weighted by molar-refractivity contribution is 5.85. The lowest BCUT2D eigenvalue weighted by atomic mass is 10.0. The molecule has 1 aromatic rings. The van der Waals surface area contributed by atoms with Crippen LogP contribution < -0.4 is 5.73 Å². The third kappa shape index (κ3) is 3.40. The number of nitro groups is 1. The van der Waals surface area contributed by atoms with E-state index in [1.165, 1.54) is 6.08 Å². The monoisotopic (exact) mass is 262 g/mol. The number of rotatable bonds is 4. The molecule has 0 aliphatic heterocycles. The highest BCUT2D eigenvalue weighted by Crippen LogP contribution is 2.34. The van der Waals surface area contributed by atoms with Crippen LogP contribution in [0, 0.1) is 15.9 Å². The Morgan fingerprint density at radius 3 is 2.71 bits per heavy atom. The molecule has 1 atom stereocenters. The van der Waals surface area contributed by atoms with Crippen molar-refractivity contribution < 1.29 is 14.4 Å². The summed E-state index contributed by atoms with van der Waals surface area (Å²) < 4.78 is 13.1. The maximum atomic E-state index is 13.1. The van der Waals surface area contributed by atoms with Gasteiger partial charge in [0.05, 0.1) is 11.0 Å². The Labute approximate surface area is 103 Å². The van der Waals surface area contributed by atoms with Crippen LogP contribution in [0.25, 0.3) is 0 Å². The van der Waals surface area contributed by atoms with Gasteiger partial charge in [-0.25, -0.2) is 4.39 Å². The summed E-state index contributed by atoms with van der Waals surface area (Å²) >= 11 is 0. The predicted molar refractivity (Wildman–Crippen MR) is 63.7 cm³/mol. The average molecular weight is 263 g/mol. The molecule has 0 saturated carbocycles. The molecule has 5 nitrogen and oxygen atoms in total. The molecule has 1 rings (SSSR count). The van der Waals surface area contributed by atoms with Crippen molar-refractivity contribution in [2.24, 2.45) is 5.73 Å². The van der Waals surface area contributed by atoms with Crippen LogP contribution in [0.3, 0.4) is 0 Å². The van der Waals surface area contributed by atoms with Gasteiger partial charge in [0.25, 0.3) is 0 Å². The molecule has 94 valence electrons. The first kappa shape index (κ1) is 15.3. The first-order chi connectivity index (χ1) is 7.47. The largest absolute Gasteiger partial charge is 0.502 e. The summed E-state index contributed by atoms with van der Waals surface area (Å²) in [5.74, 6) is -1.40. The van der Waals surface area contributed by atoms with E-state index in [1.54, 1.807) is 0 Å². The summed E-state index contributed by atoms with van der Waals surface area (Å²) in [6.45, 7) is 3.45. The molecule has 3 N–H and O–H groups in total. The third-order valence-electron chi connectivity index (χ3n) is 2.10. The van der Waals surface area contributed by atoms with Crippen molar-refractivity contribution in [2.75, 3.05) is 0 Å². The zero-order chi connectivity index (χ0) is 12.3. The first-order valence-electron chi connectivity index (χ1n) is 4.50. The molecule has 0 aliphatic rings. The SMILES string of the molecule is C=CC[C@@H](N)c1cc(F)cc([N+](=O)[O-])c1O.Cl. The minimum absolute atomic E-state index is 0. The van der Waals surface area contributed by atoms with E-state index in [1.807, 2.05) is 0 Å². The topological polar surface area (TPSA) is 89.4 Å². The van der Waals surface area contributed by atoms with E-state index in [0.29, 0.717) is 6.07 Å². The second-order valence-corrected chi connectivity index (χ2v) is 3.25. The Morgan fingerprint density at radius 1 is 1.65 bits per heavy atom. The van der Waals surface area contributed by atoms with Gasteiger partial charge in [0, 0.05) is 11.6 Å². The molecule has 0 saturated heterocycles. The van der Waals surface area contributed by atoms with Gasteiger partial charge < -0.3 is 10.8 Å². The average Bonchev–Trinajstić information content (AvgIpc) is 2.20. The zero-order valence-electron chi connectivity index (χ0n) is 8.80. The van der Waals surface area contributed by atoms with E-state index >= 15 is 0 Å². The molecule has 0 spiro atoms. The van der Waals surface area contributed by atoms with Crippen molar-refractivity contribution >= 4 is 18.1 Å². The van der Waals surface area contributed by atoms with Crippen molar-refractivity contribution in [3.8, 4) is 5.75 Å². The number of phenolic OH excluding ortho intramolecular Hbond substituents is 1. The Kier molecular flexibility index (Phi) is 5.57. The molecule has 0 amide bonds. The maximum absolute atomic E-state index is 13.1. The van der Waals surface area contributed by atoms with Crippen molar-refractivity contribution in [3.05, 3.63) is 46.3 Å². The minimum atomic E-state index is -0.859. The summed E-state index contributed by atoms with van der Waals surface area (Å²) in [5.41, 5.74) is 4.94. The van der Waals surface area contributed by atoms with E-state index in [0.717, 1.165) is 6.07 Å². The van der Waals surface area contributed by atoms with Crippen molar-refractivity contribution in [1.82, 2.24) is 0 Å². The number of phenols is 1. The smallest absolute Gasteiger partial charge is 0.313 e. The van der Waals surface area contributed by atoms with Crippen molar-refractivity contribution in [1.29, 1.82) is 0 Å². The van der Waals surface area contributed by atoms with Crippen LogP contribution in [0.4, 0.5) is 10.1 Å². The lowest BCUT2D eigenvalue weighted by molar-refractivity contribution is -0.386. The van der Waals surface area contributed by atoms with Gasteiger partial charge in [-0.15, -0.1) is 19.0 Å². The summed E-state index contributed by atoms with van der Waals surface area (Å²) in [6, 6.07) is 0.919. The van der Waals surface area contributed by atoms with Crippen LogP contribution in [0.5, 0.6) is 5.75 Å². The molecule has 0 aromatic heterocycles. The Bertz CT molecular complexity index is 440. The number of benzene rings is 1. The molecule has 17 heavy (non-hydrogen) atoms. The van der Waals surface area contributed by atoms with E-state index in [2.05, 4.69) is 6.58 Å². The summed E-state index contributed by atoms with van der Waals surface area (Å²) in [7, 11) is 0. The van der Waals surface area contributed by atoms with E-state index in [4.69, 9.17) is 5.73 Å². The second kappa shape index (κ2) is 6.17. The molecule has 0 heterocycles. The van der Waals surface area contributed by atoms with Crippen molar-refractivity contribution in [3.63, 3.8) is 0 Å². The highest BCUT2D eigenvalue weighted by atomic mass is 35.5. The van der Waals surface area contributed by atoms with Gasteiger partial charge in [-0.1, -0.05) is 6.08 Å². The predicted octanol–water partition coefficient (Wildman–Crippen LogP) is 2.44. The summed E-state index contributed by atoms with van der Waals surface area (Å²) in [6.07, 6.45) is 1.77. The minimum Gasteiger partial charge on any atom is -0.502 e. The molecule has 1 aromatic carbocycles. The number of halogens is 2. The fourth-order valence-corrected chi connectivity index (χ4v) is 1.33. The molecular formula is C10H12ClFN2O3. The zero-order valence-corrected chi connectivity index (χ0v) is 9.61. The lowest BCUT2D eigenvalue weighted by Crippen LogP contribution is -2.10. The van der Waals surface area contributed by atoms with Gasteiger partial charge in [-0.3, -0.25) is 10.1 Å². The van der Waals surface area contributed by atoms with E-state index in [9.17, 15) is 19.6 Å². The molecule has 0 fully saturated rings. The van der Waals surface area contributed by atoms with Crippen molar-refractivity contribution in [2.45, 2.75) is 12.5 Å². The maximum Gasteiger partial charge on any atom is 0.313 e. The Morgan fingerprint density at radius 2 is 2.24 bits per heavy atom. The van der Waals surface area contributed by atoms with Gasteiger partial charge >= 0.3 is 5.69 Å². The number of hydrogen-bond donors (Lipinski definition) is 2. The van der Waals surface area contributed by atoms with Crippen LogP contribution >= 0.6 is 12.4 Å². The second-order valence-electron chi connectivity index (χ2n) is 3.25. The van der Waals surface area contributed by atoms with Gasteiger partial charge in [0.15, 0.2) is 5.75 Å².